The van der Waals surface area contributed by atoms with Gasteiger partial charge in [-0.3, -0.25) is 4.79 Å². The van der Waals surface area contributed by atoms with Gasteiger partial charge in [0.1, 0.15) is 0 Å². The summed E-state index contributed by atoms with van der Waals surface area (Å²) in [6.07, 6.45) is 5.61. The van der Waals surface area contributed by atoms with Gasteiger partial charge in [-0.25, -0.2) is 0 Å². The van der Waals surface area contributed by atoms with Gasteiger partial charge in [0.15, 0.2) is 0 Å². The van der Waals surface area contributed by atoms with Crippen LogP contribution in [0.15, 0.2) is 11.4 Å². The average molecular weight is 250 g/mol. The second-order valence-corrected chi connectivity index (χ2v) is 6.32. The van der Waals surface area contributed by atoms with Crippen LogP contribution in [0.25, 0.3) is 0 Å². The highest BCUT2D eigenvalue weighted by atomic mass is 32.1. The van der Waals surface area contributed by atoms with Gasteiger partial charge in [-0.2, -0.15) is 0 Å². The van der Waals surface area contributed by atoms with Crippen LogP contribution in [0, 0.1) is 11.8 Å². The summed E-state index contributed by atoms with van der Waals surface area (Å²) in [6.45, 7) is 0.881. The molecular formula is C13H18N2OS. The fourth-order valence-corrected chi connectivity index (χ4v) is 4.15. The number of hydrogen-bond acceptors (Lipinski definition) is 3. The van der Waals surface area contributed by atoms with Gasteiger partial charge in [0.25, 0.3) is 0 Å². The molecule has 3 atom stereocenters. The Morgan fingerprint density at radius 2 is 2.35 bits per heavy atom. The first-order valence-corrected chi connectivity index (χ1v) is 7.21. The number of rotatable bonds is 4. The van der Waals surface area contributed by atoms with Crippen molar-refractivity contribution in [3.8, 4) is 0 Å². The highest BCUT2D eigenvalue weighted by Gasteiger charge is 2.38. The topological polar surface area (TPSA) is 55.1 Å². The van der Waals surface area contributed by atoms with E-state index in [1.165, 1.54) is 30.6 Å². The number of amides is 1. The minimum Gasteiger partial charge on any atom is -0.366 e. The number of primary amides is 1. The molecule has 2 aliphatic rings. The van der Waals surface area contributed by atoms with Gasteiger partial charge in [-0.1, -0.05) is 6.42 Å². The van der Waals surface area contributed by atoms with Crippen molar-refractivity contribution in [2.75, 3.05) is 0 Å². The molecule has 0 radical (unpaired) electrons. The predicted molar refractivity (Wildman–Crippen MR) is 68.9 cm³/mol. The van der Waals surface area contributed by atoms with E-state index in [0.29, 0.717) is 11.6 Å². The lowest BCUT2D eigenvalue weighted by Gasteiger charge is -2.22. The highest BCUT2D eigenvalue weighted by Crippen LogP contribution is 2.44. The fraction of sp³-hybridized carbons (Fsp3) is 0.615. The van der Waals surface area contributed by atoms with E-state index >= 15 is 0 Å². The molecule has 1 heterocycles. The Kier molecular flexibility index (Phi) is 2.92. The zero-order valence-electron chi connectivity index (χ0n) is 9.82. The molecule has 2 saturated carbocycles. The standard InChI is InChI=1S/C13H18N2OS/c14-13(16)10-5-11(17-7-10)6-15-12-4-8-1-2-9(12)3-8/h5,7-9,12,15H,1-4,6H2,(H2,14,16). The van der Waals surface area contributed by atoms with E-state index in [-0.39, 0.29) is 5.91 Å². The van der Waals surface area contributed by atoms with E-state index in [4.69, 9.17) is 5.73 Å². The van der Waals surface area contributed by atoms with Gasteiger partial charge in [0.2, 0.25) is 5.91 Å². The molecule has 2 fully saturated rings. The molecule has 0 aromatic carbocycles. The second-order valence-electron chi connectivity index (χ2n) is 5.33. The molecule has 0 aliphatic heterocycles. The summed E-state index contributed by atoms with van der Waals surface area (Å²) < 4.78 is 0. The molecule has 0 spiro atoms. The Morgan fingerprint density at radius 3 is 2.94 bits per heavy atom. The van der Waals surface area contributed by atoms with Crippen LogP contribution in [0.2, 0.25) is 0 Å². The third kappa shape index (κ3) is 2.24. The minimum atomic E-state index is -0.326. The van der Waals surface area contributed by atoms with E-state index in [0.717, 1.165) is 18.4 Å². The van der Waals surface area contributed by atoms with Crippen LogP contribution in [0.3, 0.4) is 0 Å². The van der Waals surface area contributed by atoms with Crippen molar-refractivity contribution >= 4 is 17.2 Å². The summed E-state index contributed by atoms with van der Waals surface area (Å²) in [5.41, 5.74) is 5.88. The molecule has 3 rings (SSSR count). The zero-order chi connectivity index (χ0) is 11.8. The van der Waals surface area contributed by atoms with Crippen molar-refractivity contribution in [2.24, 2.45) is 17.6 Å². The van der Waals surface area contributed by atoms with Gasteiger partial charge in [-0.05, 0) is 37.2 Å². The van der Waals surface area contributed by atoms with E-state index in [1.54, 1.807) is 11.3 Å². The van der Waals surface area contributed by atoms with Crippen LogP contribution in [0.5, 0.6) is 0 Å². The summed E-state index contributed by atoms with van der Waals surface area (Å²) >= 11 is 1.62. The number of carbonyl (C=O) groups excluding carboxylic acids is 1. The largest absolute Gasteiger partial charge is 0.366 e. The molecule has 1 aromatic heterocycles. The number of thiophene rings is 1. The Hall–Kier alpha value is -0.870. The van der Waals surface area contributed by atoms with Crippen molar-refractivity contribution in [2.45, 2.75) is 38.3 Å². The van der Waals surface area contributed by atoms with Gasteiger partial charge < -0.3 is 11.1 Å². The quantitative estimate of drug-likeness (QED) is 0.860. The third-order valence-corrected chi connectivity index (χ3v) is 5.15. The molecule has 2 aliphatic carbocycles. The number of carbonyl (C=O) groups is 1. The second kappa shape index (κ2) is 4.42. The Bertz CT molecular complexity index is 429. The molecule has 1 amide bonds. The summed E-state index contributed by atoms with van der Waals surface area (Å²) in [5, 5.41) is 5.49. The van der Waals surface area contributed by atoms with Crippen molar-refractivity contribution in [3.05, 3.63) is 21.9 Å². The van der Waals surface area contributed by atoms with Gasteiger partial charge in [0.05, 0.1) is 5.56 Å². The maximum absolute atomic E-state index is 11.0. The minimum absolute atomic E-state index is 0.326. The third-order valence-electron chi connectivity index (χ3n) is 4.21. The van der Waals surface area contributed by atoms with E-state index < -0.39 is 0 Å². The van der Waals surface area contributed by atoms with Crippen LogP contribution in [-0.2, 0) is 6.54 Å². The Balaban J connectivity index is 1.55. The normalized spacial score (nSPS) is 30.9. The van der Waals surface area contributed by atoms with Crippen molar-refractivity contribution in [1.82, 2.24) is 5.32 Å². The lowest BCUT2D eigenvalue weighted by atomic mass is 9.95. The SMILES string of the molecule is NC(=O)c1csc(CNC2CC3CCC2C3)c1. The summed E-state index contributed by atoms with van der Waals surface area (Å²) in [6, 6.07) is 2.61. The number of nitrogens with one attached hydrogen (secondary N) is 1. The van der Waals surface area contributed by atoms with E-state index in [1.807, 2.05) is 11.4 Å². The molecule has 3 unspecified atom stereocenters. The number of fused-ring (bicyclic) bond motifs is 2. The molecule has 3 nitrogen and oxygen atoms in total. The van der Waals surface area contributed by atoms with Crippen molar-refractivity contribution in [1.29, 1.82) is 0 Å². The van der Waals surface area contributed by atoms with E-state index in [9.17, 15) is 4.79 Å². The first-order valence-electron chi connectivity index (χ1n) is 6.33. The van der Waals surface area contributed by atoms with Crippen LogP contribution in [-0.4, -0.2) is 11.9 Å². The zero-order valence-corrected chi connectivity index (χ0v) is 10.6. The Labute approximate surface area is 105 Å². The van der Waals surface area contributed by atoms with Gasteiger partial charge in [-0.15, -0.1) is 11.3 Å². The van der Waals surface area contributed by atoms with Crippen LogP contribution >= 0.6 is 11.3 Å². The first kappa shape index (κ1) is 11.2. The molecule has 1 aromatic rings. The number of hydrogen-bond donors (Lipinski definition) is 2. The average Bonchev–Trinajstić information content (AvgIpc) is 3.02. The van der Waals surface area contributed by atoms with E-state index in [2.05, 4.69) is 5.32 Å². The van der Waals surface area contributed by atoms with Crippen molar-refractivity contribution < 1.29 is 4.79 Å². The lowest BCUT2D eigenvalue weighted by molar-refractivity contribution is 0.100. The maximum atomic E-state index is 11.0. The van der Waals surface area contributed by atoms with Crippen molar-refractivity contribution in [3.63, 3.8) is 0 Å². The summed E-state index contributed by atoms with van der Waals surface area (Å²) in [5.74, 6) is 1.55. The summed E-state index contributed by atoms with van der Waals surface area (Å²) in [7, 11) is 0. The van der Waals surface area contributed by atoms with Gasteiger partial charge in [0, 0.05) is 22.8 Å². The van der Waals surface area contributed by atoms with Crippen LogP contribution in [0.4, 0.5) is 0 Å². The molecule has 2 bridgehead atoms. The molecule has 92 valence electrons. The monoisotopic (exact) mass is 250 g/mol. The first-order chi connectivity index (χ1) is 8.22. The fourth-order valence-electron chi connectivity index (χ4n) is 3.33. The molecule has 4 heteroatoms. The number of nitrogens with two attached hydrogens (primary N) is 1. The summed E-state index contributed by atoms with van der Waals surface area (Å²) in [4.78, 5) is 12.2. The van der Waals surface area contributed by atoms with Gasteiger partial charge >= 0.3 is 0 Å². The highest BCUT2D eigenvalue weighted by molar-refractivity contribution is 7.10. The predicted octanol–water partition coefficient (Wildman–Crippen LogP) is 2.13. The smallest absolute Gasteiger partial charge is 0.249 e. The molecule has 17 heavy (non-hydrogen) atoms. The lowest BCUT2D eigenvalue weighted by Crippen LogP contribution is -2.33. The van der Waals surface area contributed by atoms with Crippen LogP contribution < -0.4 is 11.1 Å². The molecule has 3 N–H and O–H groups in total. The molecule has 0 saturated heterocycles. The van der Waals surface area contributed by atoms with Crippen LogP contribution in [0.1, 0.15) is 40.9 Å². The Morgan fingerprint density at radius 1 is 1.47 bits per heavy atom. The molecular weight excluding hydrogens is 232 g/mol. The maximum Gasteiger partial charge on any atom is 0.249 e.